The number of rotatable bonds is 5. The van der Waals surface area contributed by atoms with Crippen LogP contribution in [0.25, 0.3) is 0 Å². The highest BCUT2D eigenvalue weighted by molar-refractivity contribution is 6.30. The van der Waals surface area contributed by atoms with Crippen molar-refractivity contribution in [3.8, 4) is 11.5 Å². The zero-order valence-electron chi connectivity index (χ0n) is 11.4. The number of hydrogen-bond donors (Lipinski definition) is 1. The molecule has 2 aromatic rings. The van der Waals surface area contributed by atoms with E-state index in [2.05, 4.69) is 9.73 Å². The van der Waals surface area contributed by atoms with Crippen LogP contribution >= 0.6 is 11.6 Å². The molecule has 2 rings (SSSR count). The fourth-order valence-electron chi connectivity index (χ4n) is 1.57. The number of halogens is 5. The maximum Gasteiger partial charge on any atom is 0.461 e. The normalized spacial score (nSPS) is 12.1. The van der Waals surface area contributed by atoms with Gasteiger partial charge in [-0.05, 0) is 42.5 Å². The van der Waals surface area contributed by atoms with E-state index in [1.165, 1.54) is 36.5 Å². The molecular formula is C15H10ClF4NO2. The topological polar surface area (TPSA) is 41.8 Å². The number of ether oxygens (including phenoxy) is 1. The highest BCUT2D eigenvalue weighted by Crippen LogP contribution is 2.28. The minimum absolute atomic E-state index is 0.0327. The number of phenolic OH excluding ortho intramolecular Hbond substituents is 1. The SMILES string of the molecule is Oc1ccc(Cl)cc1C=Nc1ccc(OC(F)(F)C(F)F)cc1. The van der Waals surface area contributed by atoms with E-state index >= 15 is 0 Å². The second-order valence-electron chi connectivity index (χ2n) is 4.42. The molecule has 0 saturated heterocycles. The van der Waals surface area contributed by atoms with E-state index in [0.717, 1.165) is 12.1 Å². The third-order valence-corrected chi connectivity index (χ3v) is 2.92. The molecule has 8 heteroatoms. The van der Waals surface area contributed by atoms with Crippen LogP contribution in [0.2, 0.25) is 5.02 Å². The molecule has 0 fully saturated rings. The summed E-state index contributed by atoms with van der Waals surface area (Å²) in [6.07, 6.45) is -7.16. The van der Waals surface area contributed by atoms with Gasteiger partial charge in [0.2, 0.25) is 0 Å². The number of aromatic hydroxyl groups is 1. The minimum Gasteiger partial charge on any atom is -0.507 e. The van der Waals surface area contributed by atoms with Crippen LogP contribution in [0.3, 0.4) is 0 Å². The third-order valence-electron chi connectivity index (χ3n) is 2.69. The van der Waals surface area contributed by atoms with Gasteiger partial charge in [-0.3, -0.25) is 4.99 Å². The summed E-state index contributed by atoms with van der Waals surface area (Å²) in [4.78, 5) is 4.02. The van der Waals surface area contributed by atoms with Crippen molar-refractivity contribution in [3.05, 3.63) is 53.1 Å². The summed E-state index contributed by atoms with van der Waals surface area (Å²) in [6.45, 7) is 0. The van der Waals surface area contributed by atoms with Gasteiger partial charge in [-0.15, -0.1) is 0 Å². The van der Waals surface area contributed by atoms with E-state index in [1.54, 1.807) is 0 Å². The number of nitrogens with zero attached hydrogens (tertiary/aromatic N) is 1. The van der Waals surface area contributed by atoms with Gasteiger partial charge in [-0.1, -0.05) is 11.6 Å². The molecule has 0 bridgehead atoms. The maximum atomic E-state index is 12.7. The van der Waals surface area contributed by atoms with Crippen molar-refractivity contribution in [2.45, 2.75) is 12.5 Å². The number of benzene rings is 2. The van der Waals surface area contributed by atoms with Gasteiger partial charge in [0.25, 0.3) is 0 Å². The Morgan fingerprint density at radius 3 is 2.39 bits per heavy atom. The van der Waals surface area contributed by atoms with Gasteiger partial charge >= 0.3 is 12.5 Å². The average Bonchev–Trinajstić information content (AvgIpc) is 2.49. The minimum atomic E-state index is -4.56. The molecular weight excluding hydrogens is 338 g/mol. The molecule has 0 spiro atoms. The molecule has 0 atom stereocenters. The average molecular weight is 348 g/mol. The zero-order valence-corrected chi connectivity index (χ0v) is 12.1. The van der Waals surface area contributed by atoms with Crippen molar-refractivity contribution in [1.29, 1.82) is 0 Å². The van der Waals surface area contributed by atoms with Crippen LogP contribution in [0.1, 0.15) is 5.56 Å². The highest BCUT2D eigenvalue weighted by atomic mass is 35.5. The van der Waals surface area contributed by atoms with Gasteiger partial charge in [-0.25, -0.2) is 0 Å². The number of phenols is 1. The lowest BCUT2D eigenvalue weighted by atomic mass is 10.2. The van der Waals surface area contributed by atoms with E-state index in [0.29, 0.717) is 16.3 Å². The summed E-state index contributed by atoms with van der Waals surface area (Å²) >= 11 is 5.78. The van der Waals surface area contributed by atoms with Crippen molar-refractivity contribution in [2.24, 2.45) is 4.99 Å². The molecule has 0 radical (unpaired) electrons. The lowest BCUT2D eigenvalue weighted by molar-refractivity contribution is -0.253. The monoisotopic (exact) mass is 347 g/mol. The fraction of sp³-hybridized carbons (Fsp3) is 0.133. The molecule has 0 heterocycles. The molecule has 0 saturated carbocycles. The summed E-state index contributed by atoms with van der Waals surface area (Å²) in [6, 6.07) is 9.16. The Bertz CT molecular complexity index is 705. The summed E-state index contributed by atoms with van der Waals surface area (Å²) in [5.41, 5.74) is 0.708. The first-order valence-electron chi connectivity index (χ1n) is 6.25. The Hall–Kier alpha value is -2.28. The molecule has 2 aromatic carbocycles. The van der Waals surface area contributed by atoms with E-state index < -0.39 is 18.3 Å². The van der Waals surface area contributed by atoms with E-state index in [9.17, 15) is 22.7 Å². The molecule has 0 aliphatic rings. The van der Waals surface area contributed by atoms with Crippen molar-refractivity contribution in [1.82, 2.24) is 0 Å². The second-order valence-corrected chi connectivity index (χ2v) is 4.86. The van der Waals surface area contributed by atoms with Crippen molar-refractivity contribution < 1.29 is 27.4 Å². The fourth-order valence-corrected chi connectivity index (χ4v) is 1.76. The van der Waals surface area contributed by atoms with Gasteiger partial charge in [0.1, 0.15) is 11.5 Å². The van der Waals surface area contributed by atoms with Crippen molar-refractivity contribution >= 4 is 23.5 Å². The number of aliphatic imine (C=N–C) groups is 1. The summed E-state index contributed by atoms with van der Waals surface area (Å²) < 4.78 is 53.5. The molecule has 0 aromatic heterocycles. The molecule has 1 N–H and O–H groups in total. The lowest BCUT2D eigenvalue weighted by Gasteiger charge is -2.16. The van der Waals surface area contributed by atoms with Crippen LogP contribution < -0.4 is 4.74 Å². The van der Waals surface area contributed by atoms with E-state index in [4.69, 9.17) is 11.6 Å². The summed E-state index contributed by atoms with van der Waals surface area (Å²) in [5.74, 6) is -0.450. The van der Waals surface area contributed by atoms with Crippen LogP contribution in [0.4, 0.5) is 23.2 Å². The van der Waals surface area contributed by atoms with Crippen LogP contribution in [0.5, 0.6) is 11.5 Å². The smallest absolute Gasteiger partial charge is 0.461 e. The van der Waals surface area contributed by atoms with Crippen LogP contribution in [-0.4, -0.2) is 23.9 Å². The lowest BCUT2D eigenvalue weighted by Crippen LogP contribution is -2.33. The Morgan fingerprint density at radius 2 is 1.78 bits per heavy atom. The van der Waals surface area contributed by atoms with E-state index in [1.807, 2.05) is 0 Å². The number of hydrogen-bond acceptors (Lipinski definition) is 3. The van der Waals surface area contributed by atoms with Gasteiger partial charge in [0.15, 0.2) is 0 Å². The van der Waals surface area contributed by atoms with E-state index in [-0.39, 0.29) is 5.75 Å². The summed E-state index contributed by atoms with van der Waals surface area (Å²) in [5, 5.41) is 10.0. The first kappa shape index (κ1) is 17.1. The molecule has 23 heavy (non-hydrogen) atoms. The largest absolute Gasteiger partial charge is 0.507 e. The molecule has 122 valence electrons. The van der Waals surface area contributed by atoms with Gasteiger partial charge < -0.3 is 9.84 Å². The van der Waals surface area contributed by atoms with Crippen molar-refractivity contribution in [3.63, 3.8) is 0 Å². The highest BCUT2D eigenvalue weighted by Gasteiger charge is 2.43. The molecule has 0 amide bonds. The Kier molecular flexibility index (Phi) is 5.10. The summed E-state index contributed by atoms with van der Waals surface area (Å²) in [7, 11) is 0. The number of alkyl halides is 4. The Labute approximate surface area is 133 Å². The first-order chi connectivity index (χ1) is 10.8. The van der Waals surface area contributed by atoms with Crippen LogP contribution in [0, 0.1) is 0 Å². The Balaban J connectivity index is 2.11. The van der Waals surface area contributed by atoms with Gasteiger partial charge in [0, 0.05) is 16.8 Å². The standard InChI is InChI=1S/C15H10ClF4NO2/c16-10-1-6-13(22)9(7-10)8-21-11-2-4-12(5-3-11)23-15(19,20)14(17)18/h1-8,14,22H. The van der Waals surface area contributed by atoms with Crippen LogP contribution in [0.15, 0.2) is 47.5 Å². The predicted octanol–water partition coefficient (Wildman–Crippen LogP) is 5.03. The van der Waals surface area contributed by atoms with Crippen molar-refractivity contribution in [2.75, 3.05) is 0 Å². The maximum absolute atomic E-state index is 12.7. The molecule has 0 aliphatic carbocycles. The van der Waals surface area contributed by atoms with Gasteiger partial charge in [0.05, 0.1) is 5.69 Å². The predicted molar refractivity (Wildman–Crippen MR) is 78.4 cm³/mol. The molecule has 0 unspecified atom stereocenters. The second kappa shape index (κ2) is 6.87. The molecule has 0 aliphatic heterocycles. The van der Waals surface area contributed by atoms with Crippen LogP contribution in [-0.2, 0) is 0 Å². The zero-order chi connectivity index (χ0) is 17.0. The third kappa shape index (κ3) is 4.59. The quantitative estimate of drug-likeness (QED) is 0.608. The first-order valence-corrected chi connectivity index (χ1v) is 6.63. The molecule has 3 nitrogen and oxygen atoms in total. The van der Waals surface area contributed by atoms with Gasteiger partial charge in [-0.2, -0.15) is 17.6 Å². The Morgan fingerprint density at radius 1 is 1.13 bits per heavy atom.